The van der Waals surface area contributed by atoms with Gasteiger partial charge in [-0.05, 0) is 27.7 Å². The summed E-state index contributed by atoms with van der Waals surface area (Å²) >= 11 is 0. The fraction of sp³-hybridized carbons (Fsp3) is 1.00. The third-order valence-corrected chi connectivity index (χ3v) is 3.45. The predicted molar refractivity (Wildman–Crippen MR) is 59.6 cm³/mol. The Morgan fingerprint density at radius 3 is 2.22 bits per heavy atom. The van der Waals surface area contributed by atoms with Crippen LogP contribution in [0.25, 0.3) is 0 Å². The van der Waals surface area contributed by atoms with Gasteiger partial charge in [0.2, 0.25) is 0 Å². The Morgan fingerprint density at radius 1 is 0.944 bits per heavy atom. The summed E-state index contributed by atoms with van der Waals surface area (Å²) in [6, 6.07) is 0. The summed E-state index contributed by atoms with van der Waals surface area (Å²) < 4.78 is 28.1. The molecule has 0 saturated carbocycles. The maximum atomic E-state index is 10.3. The SMILES string of the molecule is CC1(C)OCC([C@H]2O[C@@H]3OC(C)(C)O[C@H]3C2O)O1. The molecule has 0 aromatic carbocycles. The zero-order valence-corrected chi connectivity index (χ0v) is 11.1. The van der Waals surface area contributed by atoms with Gasteiger partial charge in [-0.25, -0.2) is 0 Å². The fourth-order valence-electron chi connectivity index (χ4n) is 2.70. The van der Waals surface area contributed by atoms with Gasteiger partial charge in [-0.3, -0.25) is 0 Å². The topological polar surface area (TPSA) is 66.4 Å². The van der Waals surface area contributed by atoms with Gasteiger partial charge in [0.05, 0.1) is 6.61 Å². The van der Waals surface area contributed by atoms with Gasteiger partial charge in [0, 0.05) is 0 Å². The van der Waals surface area contributed by atoms with Crippen molar-refractivity contribution in [2.75, 3.05) is 6.61 Å². The Balaban J connectivity index is 1.68. The van der Waals surface area contributed by atoms with Crippen LogP contribution in [0.5, 0.6) is 0 Å². The van der Waals surface area contributed by atoms with Gasteiger partial charge >= 0.3 is 0 Å². The summed E-state index contributed by atoms with van der Waals surface area (Å²) in [6.07, 6.45) is -2.53. The molecule has 6 heteroatoms. The first kappa shape index (κ1) is 12.8. The first-order valence-electron chi connectivity index (χ1n) is 6.28. The quantitative estimate of drug-likeness (QED) is 0.735. The van der Waals surface area contributed by atoms with Crippen molar-refractivity contribution in [1.82, 2.24) is 0 Å². The smallest absolute Gasteiger partial charge is 0.190 e. The minimum atomic E-state index is -0.765. The zero-order chi connectivity index (χ0) is 13.1. The van der Waals surface area contributed by atoms with Gasteiger partial charge in [-0.15, -0.1) is 0 Å². The molecule has 0 bridgehead atoms. The number of hydrogen-bond donors (Lipinski definition) is 1. The molecule has 0 aromatic heterocycles. The van der Waals surface area contributed by atoms with E-state index in [0.717, 1.165) is 0 Å². The highest BCUT2D eigenvalue weighted by Crippen LogP contribution is 2.40. The Kier molecular flexibility index (Phi) is 2.75. The minimum Gasteiger partial charge on any atom is -0.387 e. The molecule has 0 spiro atoms. The van der Waals surface area contributed by atoms with Crippen LogP contribution in [0.3, 0.4) is 0 Å². The van der Waals surface area contributed by atoms with Gasteiger partial charge < -0.3 is 28.8 Å². The Morgan fingerprint density at radius 2 is 1.67 bits per heavy atom. The summed E-state index contributed by atoms with van der Waals surface area (Å²) in [4.78, 5) is 0. The molecule has 0 aromatic rings. The second-order valence-electron chi connectivity index (χ2n) is 5.93. The van der Waals surface area contributed by atoms with Crippen LogP contribution in [0.1, 0.15) is 27.7 Å². The van der Waals surface area contributed by atoms with Crippen LogP contribution >= 0.6 is 0 Å². The molecule has 3 rings (SSSR count). The zero-order valence-electron chi connectivity index (χ0n) is 11.1. The van der Waals surface area contributed by atoms with Crippen molar-refractivity contribution in [3.8, 4) is 0 Å². The molecule has 6 nitrogen and oxygen atoms in total. The summed E-state index contributed by atoms with van der Waals surface area (Å²) in [7, 11) is 0. The molecule has 104 valence electrons. The summed E-state index contributed by atoms with van der Waals surface area (Å²) in [5.74, 6) is -1.35. The second kappa shape index (κ2) is 3.88. The molecular weight excluding hydrogens is 240 g/mol. The third kappa shape index (κ3) is 2.07. The maximum absolute atomic E-state index is 10.3. The Labute approximate surface area is 106 Å². The first-order valence-corrected chi connectivity index (χ1v) is 6.28. The van der Waals surface area contributed by atoms with Crippen molar-refractivity contribution in [3.05, 3.63) is 0 Å². The summed E-state index contributed by atoms with van der Waals surface area (Å²) in [6.45, 7) is 7.68. The van der Waals surface area contributed by atoms with E-state index in [9.17, 15) is 5.11 Å². The van der Waals surface area contributed by atoms with Crippen molar-refractivity contribution in [1.29, 1.82) is 0 Å². The molecule has 0 radical (unpaired) electrons. The first-order chi connectivity index (χ1) is 8.27. The number of aliphatic hydroxyl groups is 1. The minimum absolute atomic E-state index is 0.295. The molecule has 3 saturated heterocycles. The normalized spacial score (nSPS) is 49.5. The van der Waals surface area contributed by atoms with Crippen molar-refractivity contribution in [2.45, 2.75) is 70.0 Å². The summed E-state index contributed by atoms with van der Waals surface area (Å²) in [5, 5.41) is 10.3. The van der Waals surface area contributed by atoms with E-state index in [-0.39, 0.29) is 6.10 Å². The molecule has 2 unspecified atom stereocenters. The molecule has 5 atom stereocenters. The van der Waals surface area contributed by atoms with E-state index in [0.29, 0.717) is 6.61 Å². The lowest BCUT2D eigenvalue weighted by Gasteiger charge is -2.26. The van der Waals surface area contributed by atoms with Gasteiger partial charge in [0.25, 0.3) is 0 Å². The molecule has 18 heavy (non-hydrogen) atoms. The van der Waals surface area contributed by atoms with E-state index >= 15 is 0 Å². The van der Waals surface area contributed by atoms with Crippen molar-refractivity contribution < 1.29 is 28.8 Å². The van der Waals surface area contributed by atoms with Gasteiger partial charge in [0.15, 0.2) is 17.9 Å². The van der Waals surface area contributed by atoms with Crippen LogP contribution in [-0.4, -0.2) is 54.0 Å². The van der Waals surface area contributed by atoms with Crippen molar-refractivity contribution in [3.63, 3.8) is 0 Å². The van der Waals surface area contributed by atoms with Crippen molar-refractivity contribution in [2.24, 2.45) is 0 Å². The van der Waals surface area contributed by atoms with Gasteiger partial charge in [0.1, 0.15) is 24.4 Å². The average Bonchev–Trinajstić information content (AvgIpc) is 2.81. The lowest BCUT2D eigenvalue weighted by molar-refractivity contribution is -0.232. The van der Waals surface area contributed by atoms with E-state index in [1.807, 2.05) is 13.8 Å². The molecule has 0 amide bonds. The Hall–Kier alpha value is -0.240. The summed E-state index contributed by atoms with van der Waals surface area (Å²) in [5.41, 5.74) is 0. The number of rotatable bonds is 1. The number of ether oxygens (including phenoxy) is 5. The maximum Gasteiger partial charge on any atom is 0.190 e. The number of hydrogen-bond acceptors (Lipinski definition) is 6. The highest BCUT2D eigenvalue weighted by Gasteiger charge is 2.57. The Bertz CT molecular complexity index is 341. The molecule has 0 aliphatic carbocycles. The molecular formula is C12H20O6. The van der Waals surface area contributed by atoms with Crippen LogP contribution < -0.4 is 0 Å². The lowest BCUT2D eigenvalue weighted by Crippen LogP contribution is -2.42. The van der Waals surface area contributed by atoms with Crippen LogP contribution in [0.15, 0.2) is 0 Å². The van der Waals surface area contributed by atoms with E-state index in [2.05, 4.69) is 0 Å². The van der Waals surface area contributed by atoms with Crippen LogP contribution in [0.2, 0.25) is 0 Å². The standard InChI is InChI=1S/C12H20O6/c1-11(2)14-5-6(16-11)8-7(13)9-10(15-8)18-12(3,4)17-9/h6-10,13H,5H2,1-4H3/t6?,7?,8-,9+,10-/m1/s1. The van der Waals surface area contributed by atoms with Gasteiger partial charge in [-0.1, -0.05) is 0 Å². The molecule has 1 N–H and O–H groups in total. The monoisotopic (exact) mass is 260 g/mol. The van der Waals surface area contributed by atoms with Crippen LogP contribution in [-0.2, 0) is 23.7 Å². The van der Waals surface area contributed by atoms with E-state index in [1.165, 1.54) is 0 Å². The number of fused-ring (bicyclic) bond motifs is 1. The fourth-order valence-corrected chi connectivity index (χ4v) is 2.70. The van der Waals surface area contributed by atoms with Crippen LogP contribution in [0.4, 0.5) is 0 Å². The molecule has 3 heterocycles. The molecule has 3 fully saturated rings. The van der Waals surface area contributed by atoms with Crippen molar-refractivity contribution >= 4 is 0 Å². The van der Waals surface area contributed by atoms with E-state index in [4.69, 9.17) is 23.7 Å². The predicted octanol–water partition coefficient (Wildman–Crippen LogP) is 0.375. The second-order valence-corrected chi connectivity index (χ2v) is 5.93. The molecule has 3 aliphatic rings. The van der Waals surface area contributed by atoms with Gasteiger partial charge in [-0.2, -0.15) is 0 Å². The van der Waals surface area contributed by atoms with Crippen LogP contribution in [0, 0.1) is 0 Å². The van der Waals surface area contributed by atoms with E-state index < -0.39 is 36.2 Å². The van der Waals surface area contributed by atoms with E-state index in [1.54, 1.807) is 13.8 Å². The third-order valence-electron chi connectivity index (χ3n) is 3.45. The average molecular weight is 260 g/mol. The highest BCUT2D eigenvalue weighted by molar-refractivity contribution is 4.97. The lowest BCUT2D eigenvalue weighted by atomic mass is 10.1. The highest BCUT2D eigenvalue weighted by atomic mass is 16.8. The largest absolute Gasteiger partial charge is 0.387 e. The number of aliphatic hydroxyl groups excluding tert-OH is 1. The molecule has 3 aliphatic heterocycles.